The second-order valence-corrected chi connectivity index (χ2v) is 7.15. The molecule has 1 N–H and O–H groups in total. The molecule has 0 amide bonds. The summed E-state index contributed by atoms with van der Waals surface area (Å²) >= 11 is 3.51. The molecular weight excluding hydrogens is 326 g/mol. The first-order valence-corrected chi connectivity index (χ1v) is 8.50. The Morgan fingerprint density at radius 1 is 1.14 bits per heavy atom. The molecule has 0 heterocycles. The molecule has 1 saturated carbocycles. The monoisotopic (exact) mass is 347 g/mol. The molecule has 0 aromatic heterocycles. The fraction of sp³-hybridized carbons (Fsp3) is 0.444. The number of fused-ring (bicyclic) bond motifs is 1. The third-order valence-corrected chi connectivity index (χ3v) is 4.48. The van der Waals surface area contributed by atoms with Crippen LogP contribution in [-0.2, 0) is 0 Å². The molecule has 3 rings (SSSR count). The summed E-state index contributed by atoms with van der Waals surface area (Å²) in [6, 6.07) is 13.4. The van der Waals surface area contributed by atoms with E-state index < -0.39 is 0 Å². The van der Waals surface area contributed by atoms with E-state index in [0.29, 0.717) is 5.92 Å². The molecule has 1 aliphatic rings. The highest BCUT2D eigenvalue weighted by molar-refractivity contribution is 9.10. The average molecular weight is 348 g/mol. The van der Waals surface area contributed by atoms with Crippen LogP contribution < -0.4 is 10.1 Å². The van der Waals surface area contributed by atoms with Gasteiger partial charge in [0.15, 0.2) is 0 Å². The van der Waals surface area contributed by atoms with Crippen LogP contribution in [-0.4, -0.2) is 18.7 Å². The zero-order chi connectivity index (χ0) is 14.8. The van der Waals surface area contributed by atoms with Gasteiger partial charge in [-0.1, -0.05) is 41.9 Å². The fourth-order valence-electron chi connectivity index (χ4n) is 2.43. The maximum absolute atomic E-state index is 6.22. The normalized spacial score (nSPS) is 16.4. The minimum absolute atomic E-state index is 0.221. The van der Waals surface area contributed by atoms with E-state index >= 15 is 0 Å². The van der Waals surface area contributed by atoms with Gasteiger partial charge in [0.1, 0.15) is 11.9 Å². The standard InChI is InChI=1S/C18H22BrNO/c1-12(2)18(11-20-16-6-7-16)21-17-8-4-13-9-15(19)5-3-14(13)10-17/h3-5,8-10,12,16,18,20H,6-7,11H2,1-2H3. The quantitative estimate of drug-likeness (QED) is 0.813. The molecule has 0 bridgehead atoms. The van der Waals surface area contributed by atoms with Crippen LogP contribution in [0, 0.1) is 5.92 Å². The first kappa shape index (κ1) is 14.9. The molecule has 2 aromatic rings. The Morgan fingerprint density at radius 2 is 1.86 bits per heavy atom. The Hall–Kier alpha value is -1.06. The molecule has 112 valence electrons. The summed E-state index contributed by atoms with van der Waals surface area (Å²) in [5, 5.41) is 6.02. The third-order valence-electron chi connectivity index (χ3n) is 3.99. The van der Waals surface area contributed by atoms with E-state index in [1.165, 1.54) is 23.6 Å². The second-order valence-electron chi connectivity index (χ2n) is 6.24. The van der Waals surface area contributed by atoms with Gasteiger partial charge in [0.05, 0.1) is 0 Å². The van der Waals surface area contributed by atoms with Crippen LogP contribution in [0.1, 0.15) is 26.7 Å². The number of halogens is 1. The smallest absolute Gasteiger partial charge is 0.120 e. The molecule has 1 fully saturated rings. The van der Waals surface area contributed by atoms with E-state index in [9.17, 15) is 0 Å². The number of ether oxygens (including phenoxy) is 1. The predicted molar refractivity (Wildman–Crippen MR) is 91.9 cm³/mol. The maximum atomic E-state index is 6.22. The third kappa shape index (κ3) is 3.98. The summed E-state index contributed by atoms with van der Waals surface area (Å²) < 4.78 is 7.33. The van der Waals surface area contributed by atoms with Crippen molar-refractivity contribution in [1.29, 1.82) is 0 Å². The van der Waals surface area contributed by atoms with Gasteiger partial charge in [-0.3, -0.25) is 0 Å². The number of nitrogens with one attached hydrogen (secondary N) is 1. The topological polar surface area (TPSA) is 21.3 Å². The van der Waals surface area contributed by atoms with Crippen LogP contribution in [0.4, 0.5) is 0 Å². The van der Waals surface area contributed by atoms with Crippen molar-refractivity contribution in [1.82, 2.24) is 5.32 Å². The summed E-state index contributed by atoms with van der Waals surface area (Å²) in [7, 11) is 0. The first-order valence-electron chi connectivity index (χ1n) is 7.71. The zero-order valence-electron chi connectivity index (χ0n) is 12.6. The van der Waals surface area contributed by atoms with Gasteiger partial charge < -0.3 is 10.1 Å². The van der Waals surface area contributed by atoms with E-state index in [4.69, 9.17) is 4.74 Å². The molecule has 1 aliphatic carbocycles. The Bertz CT molecular complexity index is 622. The highest BCUT2D eigenvalue weighted by Gasteiger charge is 2.23. The number of rotatable bonds is 6. The minimum Gasteiger partial charge on any atom is -0.489 e. The minimum atomic E-state index is 0.221. The van der Waals surface area contributed by atoms with Crippen molar-refractivity contribution in [3.63, 3.8) is 0 Å². The summed E-state index contributed by atoms with van der Waals surface area (Å²) in [5.41, 5.74) is 0. The Kier molecular flexibility index (Phi) is 4.51. The van der Waals surface area contributed by atoms with Gasteiger partial charge in [0, 0.05) is 17.1 Å². The Balaban J connectivity index is 1.73. The molecule has 1 atom stereocenters. The molecule has 0 aliphatic heterocycles. The van der Waals surface area contributed by atoms with Crippen LogP contribution in [0.25, 0.3) is 10.8 Å². The largest absolute Gasteiger partial charge is 0.489 e. The highest BCUT2D eigenvalue weighted by atomic mass is 79.9. The van der Waals surface area contributed by atoms with Crippen molar-refractivity contribution in [2.45, 2.75) is 38.8 Å². The van der Waals surface area contributed by atoms with E-state index in [-0.39, 0.29) is 6.10 Å². The molecule has 0 radical (unpaired) electrons. The van der Waals surface area contributed by atoms with E-state index in [2.05, 4.69) is 71.5 Å². The van der Waals surface area contributed by atoms with E-state index in [1.807, 2.05) is 0 Å². The van der Waals surface area contributed by atoms with Gasteiger partial charge >= 0.3 is 0 Å². The first-order chi connectivity index (χ1) is 10.1. The van der Waals surface area contributed by atoms with Crippen molar-refractivity contribution in [3.8, 4) is 5.75 Å². The van der Waals surface area contributed by atoms with Crippen LogP contribution in [0.2, 0.25) is 0 Å². The lowest BCUT2D eigenvalue weighted by Gasteiger charge is -2.23. The maximum Gasteiger partial charge on any atom is 0.120 e. The van der Waals surface area contributed by atoms with Gasteiger partial charge in [-0.15, -0.1) is 0 Å². The SMILES string of the molecule is CC(C)C(CNC1CC1)Oc1ccc2cc(Br)ccc2c1. The molecule has 21 heavy (non-hydrogen) atoms. The van der Waals surface area contributed by atoms with E-state index in [0.717, 1.165) is 22.8 Å². The summed E-state index contributed by atoms with van der Waals surface area (Å²) in [6.07, 6.45) is 2.85. The number of benzene rings is 2. The average Bonchev–Trinajstić information content (AvgIpc) is 3.27. The van der Waals surface area contributed by atoms with Gasteiger partial charge in [-0.2, -0.15) is 0 Å². The molecule has 0 spiro atoms. The number of hydrogen-bond donors (Lipinski definition) is 1. The van der Waals surface area contributed by atoms with E-state index in [1.54, 1.807) is 0 Å². The van der Waals surface area contributed by atoms with Crippen LogP contribution in [0.3, 0.4) is 0 Å². The lowest BCUT2D eigenvalue weighted by Crippen LogP contribution is -2.36. The van der Waals surface area contributed by atoms with Crippen molar-refractivity contribution >= 4 is 26.7 Å². The molecular formula is C18H22BrNO. The van der Waals surface area contributed by atoms with Crippen molar-refractivity contribution in [2.24, 2.45) is 5.92 Å². The van der Waals surface area contributed by atoms with Crippen molar-refractivity contribution < 1.29 is 4.74 Å². The van der Waals surface area contributed by atoms with Gasteiger partial charge in [0.25, 0.3) is 0 Å². The predicted octanol–water partition coefficient (Wildman–Crippen LogP) is 4.76. The molecule has 2 aromatic carbocycles. The lowest BCUT2D eigenvalue weighted by atomic mass is 10.1. The van der Waals surface area contributed by atoms with Crippen LogP contribution in [0.5, 0.6) is 5.75 Å². The summed E-state index contributed by atoms with van der Waals surface area (Å²) in [5.74, 6) is 1.46. The molecule has 1 unspecified atom stereocenters. The lowest BCUT2D eigenvalue weighted by molar-refractivity contribution is 0.148. The Morgan fingerprint density at radius 3 is 2.57 bits per heavy atom. The molecule has 2 nitrogen and oxygen atoms in total. The Labute approximate surface area is 135 Å². The van der Waals surface area contributed by atoms with Gasteiger partial charge in [-0.05, 0) is 53.8 Å². The summed E-state index contributed by atoms with van der Waals surface area (Å²) in [4.78, 5) is 0. The van der Waals surface area contributed by atoms with Gasteiger partial charge in [0.2, 0.25) is 0 Å². The van der Waals surface area contributed by atoms with Crippen LogP contribution >= 0.6 is 15.9 Å². The molecule has 0 saturated heterocycles. The highest BCUT2D eigenvalue weighted by Crippen LogP contribution is 2.26. The van der Waals surface area contributed by atoms with Crippen LogP contribution in [0.15, 0.2) is 40.9 Å². The van der Waals surface area contributed by atoms with Crippen molar-refractivity contribution in [2.75, 3.05) is 6.54 Å². The zero-order valence-corrected chi connectivity index (χ0v) is 14.2. The second kappa shape index (κ2) is 6.37. The summed E-state index contributed by atoms with van der Waals surface area (Å²) in [6.45, 7) is 5.37. The number of hydrogen-bond acceptors (Lipinski definition) is 2. The van der Waals surface area contributed by atoms with Crippen molar-refractivity contribution in [3.05, 3.63) is 40.9 Å². The van der Waals surface area contributed by atoms with Gasteiger partial charge in [-0.25, -0.2) is 0 Å². The fourth-order valence-corrected chi connectivity index (χ4v) is 2.81. The molecule has 3 heteroatoms.